The highest BCUT2D eigenvalue weighted by molar-refractivity contribution is 7.53. The van der Waals surface area contributed by atoms with E-state index >= 15 is 0 Å². The Morgan fingerprint density at radius 1 is 1.41 bits per heavy atom. The van der Waals surface area contributed by atoms with Crippen LogP contribution >= 0.6 is 7.60 Å². The smallest absolute Gasteiger partial charge is 0.324 e. The fourth-order valence-corrected chi connectivity index (χ4v) is 2.62. The van der Waals surface area contributed by atoms with Crippen molar-refractivity contribution in [1.82, 2.24) is 0 Å². The van der Waals surface area contributed by atoms with Crippen LogP contribution in [0.3, 0.4) is 0 Å². The maximum atomic E-state index is 11.7. The predicted molar refractivity (Wildman–Crippen MR) is 66.3 cm³/mol. The van der Waals surface area contributed by atoms with E-state index in [1.807, 2.05) is 6.92 Å². The molecule has 0 saturated heterocycles. The van der Waals surface area contributed by atoms with E-state index in [4.69, 9.17) is 4.52 Å². The summed E-state index contributed by atoms with van der Waals surface area (Å²) in [6.07, 6.45) is -0.166. The van der Waals surface area contributed by atoms with Gasteiger partial charge in [0.15, 0.2) is 5.78 Å². The Morgan fingerprint density at radius 3 is 2.53 bits per heavy atom. The Kier molecular flexibility index (Phi) is 5.06. The highest BCUT2D eigenvalue weighted by Crippen LogP contribution is 2.44. The number of carbonyl (C=O) groups excluding carboxylic acids is 1. The van der Waals surface area contributed by atoms with Gasteiger partial charge >= 0.3 is 7.60 Å². The lowest BCUT2D eigenvalue weighted by atomic mass is 10.2. The average molecular weight is 256 g/mol. The molecule has 0 aliphatic heterocycles. The van der Waals surface area contributed by atoms with E-state index in [9.17, 15) is 14.3 Å². The van der Waals surface area contributed by atoms with Crippen molar-refractivity contribution in [3.05, 3.63) is 35.9 Å². The summed E-state index contributed by atoms with van der Waals surface area (Å²) < 4.78 is 16.6. The molecule has 0 radical (unpaired) electrons. The van der Waals surface area contributed by atoms with Crippen LogP contribution in [-0.4, -0.2) is 22.9 Å². The molecular weight excluding hydrogens is 239 g/mol. The van der Waals surface area contributed by atoms with Gasteiger partial charge in [-0.3, -0.25) is 9.36 Å². The zero-order chi connectivity index (χ0) is 12.9. The molecule has 0 amide bonds. The molecule has 1 N–H and O–H groups in total. The van der Waals surface area contributed by atoms with E-state index in [1.165, 1.54) is 0 Å². The standard InChI is InChI=1S/C12H17O4P/c1-3-10(2)16-17(14,15)9-12(13)11-7-5-4-6-8-11/h4-8,10H,3,9H2,1-2H3,(H,14,15). The maximum absolute atomic E-state index is 11.7. The van der Waals surface area contributed by atoms with Crippen LogP contribution < -0.4 is 0 Å². The van der Waals surface area contributed by atoms with Gasteiger partial charge in [0.2, 0.25) is 0 Å². The third-order valence-corrected chi connectivity index (χ3v) is 3.73. The SMILES string of the molecule is CCC(C)OP(=O)(O)CC(=O)c1ccccc1. The van der Waals surface area contributed by atoms with Crippen molar-refractivity contribution in [1.29, 1.82) is 0 Å². The van der Waals surface area contributed by atoms with Crippen LogP contribution in [0, 0.1) is 0 Å². The normalized spacial score (nSPS) is 16.2. The fourth-order valence-electron chi connectivity index (χ4n) is 1.29. The molecule has 17 heavy (non-hydrogen) atoms. The van der Waals surface area contributed by atoms with Gasteiger partial charge in [-0.15, -0.1) is 0 Å². The lowest BCUT2D eigenvalue weighted by Gasteiger charge is -2.16. The number of rotatable bonds is 6. The van der Waals surface area contributed by atoms with Gasteiger partial charge in [-0.25, -0.2) is 0 Å². The summed E-state index contributed by atoms with van der Waals surface area (Å²) in [6, 6.07) is 8.44. The molecule has 0 bridgehead atoms. The summed E-state index contributed by atoms with van der Waals surface area (Å²) in [5.74, 6) is -0.375. The molecule has 5 heteroatoms. The Bertz CT molecular complexity index is 416. The minimum atomic E-state index is -3.84. The lowest BCUT2D eigenvalue weighted by molar-refractivity contribution is 0.100. The second-order valence-corrected chi connectivity index (χ2v) is 5.71. The fraction of sp³-hybridized carbons (Fsp3) is 0.417. The van der Waals surface area contributed by atoms with Crippen LogP contribution in [0.1, 0.15) is 30.6 Å². The molecular formula is C12H17O4P. The molecule has 0 saturated carbocycles. The van der Waals surface area contributed by atoms with Gasteiger partial charge in [0, 0.05) is 5.56 Å². The van der Waals surface area contributed by atoms with E-state index in [2.05, 4.69) is 0 Å². The summed E-state index contributed by atoms with van der Waals surface area (Å²) >= 11 is 0. The van der Waals surface area contributed by atoms with Gasteiger partial charge < -0.3 is 9.42 Å². The minimum Gasteiger partial charge on any atom is -0.324 e. The Labute approximate surface area is 101 Å². The Hall–Kier alpha value is -0.960. The highest BCUT2D eigenvalue weighted by atomic mass is 31.2. The van der Waals surface area contributed by atoms with Crippen LogP contribution in [0.2, 0.25) is 0 Å². The largest absolute Gasteiger partial charge is 0.336 e. The van der Waals surface area contributed by atoms with Crippen molar-refractivity contribution in [3.8, 4) is 0 Å². The van der Waals surface area contributed by atoms with Gasteiger partial charge in [-0.2, -0.15) is 0 Å². The van der Waals surface area contributed by atoms with Crippen LogP contribution in [0.15, 0.2) is 30.3 Å². The zero-order valence-electron chi connectivity index (χ0n) is 10.00. The van der Waals surface area contributed by atoms with Gasteiger partial charge in [0.05, 0.1) is 6.10 Å². The molecule has 0 spiro atoms. The summed E-state index contributed by atoms with van der Waals surface area (Å²) in [6.45, 7) is 3.56. The first-order valence-corrected chi connectivity index (χ1v) is 7.29. The van der Waals surface area contributed by atoms with Gasteiger partial charge in [0.1, 0.15) is 6.16 Å². The highest BCUT2D eigenvalue weighted by Gasteiger charge is 2.26. The van der Waals surface area contributed by atoms with E-state index in [-0.39, 0.29) is 11.9 Å². The average Bonchev–Trinajstić information content (AvgIpc) is 2.28. The number of Topliss-reactive ketones (excluding diaryl/α,β-unsaturated/α-hetero) is 1. The van der Waals surface area contributed by atoms with Crippen molar-refractivity contribution in [2.75, 3.05) is 6.16 Å². The molecule has 4 nitrogen and oxygen atoms in total. The summed E-state index contributed by atoms with van der Waals surface area (Å²) in [4.78, 5) is 21.3. The van der Waals surface area contributed by atoms with Gasteiger partial charge in [-0.1, -0.05) is 37.3 Å². The number of ketones is 1. The second-order valence-electron chi connectivity index (χ2n) is 3.91. The molecule has 2 atom stereocenters. The first-order valence-electron chi connectivity index (χ1n) is 5.53. The number of hydrogen-bond acceptors (Lipinski definition) is 3. The van der Waals surface area contributed by atoms with Crippen LogP contribution in [0.25, 0.3) is 0 Å². The first-order chi connectivity index (χ1) is 7.94. The molecule has 0 aliphatic rings. The topological polar surface area (TPSA) is 63.6 Å². The van der Waals surface area contributed by atoms with Crippen molar-refractivity contribution >= 4 is 13.4 Å². The lowest BCUT2D eigenvalue weighted by Crippen LogP contribution is -2.12. The van der Waals surface area contributed by atoms with Crippen LogP contribution in [0.4, 0.5) is 0 Å². The van der Waals surface area contributed by atoms with Crippen molar-refractivity contribution in [2.24, 2.45) is 0 Å². The second kappa shape index (κ2) is 6.10. The molecule has 1 aromatic rings. The molecule has 0 aromatic heterocycles. The van der Waals surface area contributed by atoms with Crippen LogP contribution in [-0.2, 0) is 9.09 Å². The minimum absolute atomic E-state index is 0.325. The van der Waals surface area contributed by atoms with E-state index in [1.54, 1.807) is 37.3 Å². The van der Waals surface area contributed by atoms with Crippen molar-refractivity contribution in [2.45, 2.75) is 26.4 Å². The Balaban J connectivity index is 2.65. The third-order valence-electron chi connectivity index (χ3n) is 2.36. The monoisotopic (exact) mass is 256 g/mol. The summed E-state index contributed by atoms with van der Waals surface area (Å²) in [5.41, 5.74) is 0.425. The van der Waals surface area contributed by atoms with Crippen molar-refractivity contribution < 1.29 is 18.8 Å². The van der Waals surface area contributed by atoms with E-state index in [0.717, 1.165) is 0 Å². The molecule has 1 rings (SSSR count). The predicted octanol–water partition coefficient (Wildman–Crippen LogP) is 2.87. The molecule has 1 aromatic carbocycles. The molecule has 2 unspecified atom stereocenters. The quantitative estimate of drug-likeness (QED) is 0.628. The molecule has 0 heterocycles. The number of benzene rings is 1. The zero-order valence-corrected chi connectivity index (χ0v) is 10.9. The Morgan fingerprint density at radius 2 is 2.00 bits per heavy atom. The van der Waals surface area contributed by atoms with Gasteiger partial charge in [0.25, 0.3) is 0 Å². The van der Waals surface area contributed by atoms with E-state index in [0.29, 0.717) is 12.0 Å². The van der Waals surface area contributed by atoms with Crippen molar-refractivity contribution in [3.63, 3.8) is 0 Å². The van der Waals surface area contributed by atoms with Gasteiger partial charge in [-0.05, 0) is 13.3 Å². The molecule has 94 valence electrons. The summed E-state index contributed by atoms with van der Waals surface area (Å²) in [7, 11) is -3.84. The number of hydrogen-bond donors (Lipinski definition) is 1. The van der Waals surface area contributed by atoms with Crippen LogP contribution in [0.5, 0.6) is 0 Å². The maximum Gasteiger partial charge on any atom is 0.336 e. The third kappa shape index (κ3) is 4.82. The molecule has 0 aliphatic carbocycles. The first kappa shape index (κ1) is 14.1. The molecule has 0 fully saturated rings. The number of carbonyl (C=O) groups is 1. The summed E-state index contributed by atoms with van der Waals surface area (Å²) in [5, 5.41) is 0. The van der Waals surface area contributed by atoms with E-state index < -0.39 is 13.8 Å².